The maximum Gasteiger partial charge on any atom is 0.117 e. The van der Waals surface area contributed by atoms with Gasteiger partial charge in [-0.1, -0.05) is 35.7 Å². The van der Waals surface area contributed by atoms with Crippen LogP contribution in [0.15, 0.2) is 56.0 Å². The van der Waals surface area contributed by atoms with Gasteiger partial charge in [-0.3, -0.25) is 0 Å². The first-order chi connectivity index (χ1) is 8.95. The summed E-state index contributed by atoms with van der Waals surface area (Å²) in [4.78, 5) is 4.42. The molecule has 0 unspecified atom stereocenters. The van der Waals surface area contributed by atoms with Crippen molar-refractivity contribution in [2.75, 3.05) is 0 Å². The molecule has 0 saturated carbocycles. The van der Waals surface area contributed by atoms with Crippen molar-refractivity contribution >= 4 is 23.5 Å². The minimum atomic E-state index is -0.970. The highest BCUT2D eigenvalue weighted by molar-refractivity contribution is 8.05. The Hall–Kier alpha value is -1.10. The molecule has 0 bridgehead atoms. The smallest absolute Gasteiger partial charge is 0.117 e. The number of benzene rings is 2. The van der Waals surface area contributed by atoms with Crippen LogP contribution in [-0.4, -0.2) is 10.2 Å². The first-order valence-electron chi connectivity index (χ1n) is 6.00. The molecule has 0 atom stereocenters. The summed E-state index contributed by atoms with van der Waals surface area (Å²) in [6.45, 7) is 3.49. The van der Waals surface area contributed by atoms with E-state index in [0.717, 1.165) is 15.4 Å². The summed E-state index contributed by atoms with van der Waals surface area (Å²) >= 11 is 3.29. The Labute approximate surface area is 120 Å². The van der Waals surface area contributed by atoms with Crippen LogP contribution < -0.4 is 0 Å². The van der Waals surface area contributed by atoms with Gasteiger partial charge in [-0.05, 0) is 38.1 Å². The van der Waals surface area contributed by atoms with E-state index in [1.807, 2.05) is 12.1 Å². The van der Waals surface area contributed by atoms with E-state index in [1.165, 1.54) is 9.79 Å². The van der Waals surface area contributed by atoms with Gasteiger partial charge in [0, 0.05) is 25.1 Å². The second-order valence-corrected chi connectivity index (χ2v) is 7.17. The lowest BCUT2D eigenvalue weighted by Crippen LogP contribution is -2.17. The number of hydrogen-bond acceptors (Lipinski definition) is 4. The number of hydrogen-bond donors (Lipinski definition) is 2. The summed E-state index contributed by atoms with van der Waals surface area (Å²) in [5, 5.41) is 20.1. The van der Waals surface area contributed by atoms with Gasteiger partial charge in [0.2, 0.25) is 0 Å². The average Bonchev–Trinajstić information content (AvgIpc) is 2.34. The van der Waals surface area contributed by atoms with Crippen LogP contribution in [0.3, 0.4) is 0 Å². The summed E-state index contributed by atoms with van der Waals surface area (Å²) in [6.07, 6.45) is 0. The Bertz CT molecular complexity index is 645. The molecule has 3 rings (SSSR count). The van der Waals surface area contributed by atoms with Crippen LogP contribution in [0.1, 0.15) is 19.4 Å². The summed E-state index contributed by atoms with van der Waals surface area (Å²) in [6, 6.07) is 11.6. The predicted octanol–water partition coefficient (Wildman–Crippen LogP) is 4.24. The number of phenols is 1. The van der Waals surface area contributed by atoms with E-state index in [9.17, 15) is 10.2 Å². The second kappa shape index (κ2) is 4.47. The highest BCUT2D eigenvalue weighted by Gasteiger charge is 2.27. The minimum Gasteiger partial charge on any atom is -0.508 e. The van der Waals surface area contributed by atoms with E-state index >= 15 is 0 Å². The third-order valence-corrected chi connectivity index (χ3v) is 5.58. The standard InChI is InChI=1S/C15H14O2S2/c1-15(2,17)10-7-9(16)8-13-14(10)19-12-6-4-3-5-11(12)18-13/h3-8,16-17H,1-2H3. The molecule has 0 fully saturated rings. The Morgan fingerprint density at radius 1 is 0.947 bits per heavy atom. The van der Waals surface area contributed by atoms with Crippen LogP contribution in [0.2, 0.25) is 0 Å². The van der Waals surface area contributed by atoms with Crippen molar-refractivity contribution in [3.05, 3.63) is 42.0 Å². The summed E-state index contributed by atoms with van der Waals surface area (Å²) in [7, 11) is 0. The summed E-state index contributed by atoms with van der Waals surface area (Å²) < 4.78 is 0. The van der Waals surface area contributed by atoms with Gasteiger partial charge in [-0.25, -0.2) is 0 Å². The monoisotopic (exact) mass is 290 g/mol. The lowest BCUT2D eigenvalue weighted by atomic mass is 9.98. The first-order valence-corrected chi connectivity index (χ1v) is 7.63. The normalized spacial score (nSPS) is 13.8. The van der Waals surface area contributed by atoms with Gasteiger partial charge < -0.3 is 10.2 Å². The van der Waals surface area contributed by atoms with E-state index < -0.39 is 5.60 Å². The molecule has 1 heterocycles. The zero-order valence-corrected chi connectivity index (χ0v) is 12.3. The molecule has 2 aromatic carbocycles. The molecule has 1 aliphatic rings. The maximum atomic E-state index is 10.3. The highest BCUT2D eigenvalue weighted by Crippen LogP contribution is 2.52. The van der Waals surface area contributed by atoms with Crippen molar-refractivity contribution in [2.24, 2.45) is 0 Å². The van der Waals surface area contributed by atoms with Crippen molar-refractivity contribution in [2.45, 2.75) is 39.0 Å². The van der Waals surface area contributed by atoms with Gasteiger partial charge >= 0.3 is 0 Å². The van der Waals surface area contributed by atoms with E-state index in [2.05, 4.69) is 12.1 Å². The number of aliphatic hydroxyl groups is 1. The van der Waals surface area contributed by atoms with Crippen molar-refractivity contribution in [1.82, 2.24) is 0 Å². The largest absolute Gasteiger partial charge is 0.508 e. The van der Waals surface area contributed by atoms with Crippen LogP contribution >= 0.6 is 23.5 Å². The first kappa shape index (κ1) is 12.9. The molecule has 19 heavy (non-hydrogen) atoms. The molecule has 2 aromatic rings. The second-order valence-electron chi connectivity index (χ2n) is 5.03. The molecule has 2 nitrogen and oxygen atoms in total. The molecular formula is C15H14O2S2. The SMILES string of the molecule is CC(C)(O)c1cc(O)cc2c1Sc1ccccc1S2. The fourth-order valence-electron chi connectivity index (χ4n) is 2.07. The number of fused-ring (bicyclic) bond motifs is 2. The van der Waals surface area contributed by atoms with Gasteiger partial charge in [0.25, 0.3) is 0 Å². The zero-order chi connectivity index (χ0) is 13.6. The minimum absolute atomic E-state index is 0.198. The maximum absolute atomic E-state index is 10.3. The van der Waals surface area contributed by atoms with Gasteiger partial charge in [-0.15, -0.1) is 0 Å². The van der Waals surface area contributed by atoms with Gasteiger partial charge in [0.1, 0.15) is 5.75 Å². The molecule has 98 valence electrons. The molecule has 0 aromatic heterocycles. The highest BCUT2D eigenvalue weighted by atomic mass is 32.2. The van der Waals surface area contributed by atoms with Crippen molar-refractivity contribution in [1.29, 1.82) is 0 Å². The van der Waals surface area contributed by atoms with E-state index in [-0.39, 0.29) is 5.75 Å². The molecule has 2 N–H and O–H groups in total. The van der Waals surface area contributed by atoms with Crippen LogP contribution in [0.4, 0.5) is 0 Å². The zero-order valence-electron chi connectivity index (χ0n) is 10.7. The van der Waals surface area contributed by atoms with Crippen LogP contribution in [-0.2, 0) is 5.60 Å². The Morgan fingerprint density at radius 2 is 1.58 bits per heavy atom. The molecular weight excluding hydrogens is 276 g/mol. The Balaban J connectivity index is 2.18. The quantitative estimate of drug-likeness (QED) is 0.703. The summed E-state index contributed by atoms with van der Waals surface area (Å²) in [5.41, 5.74) is -0.197. The van der Waals surface area contributed by atoms with E-state index in [1.54, 1.807) is 49.5 Å². The van der Waals surface area contributed by atoms with Crippen molar-refractivity contribution in [3.8, 4) is 5.75 Å². The average molecular weight is 290 g/mol. The molecule has 0 saturated heterocycles. The third-order valence-electron chi connectivity index (χ3n) is 2.98. The lowest BCUT2D eigenvalue weighted by Gasteiger charge is -2.26. The van der Waals surface area contributed by atoms with Crippen molar-refractivity contribution in [3.63, 3.8) is 0 Å². The van der Waals surface area contributed by atoms with Crippen LogP contribution in [0.25, 0.3) is 0 Å². The van der Waals surface area contributed by atoms with Gasteiger partial charge in [0.15, 0.2) is 0 Å². The van der Waals surface area contributed by atoms with Crippen LogP contribution in [0.5, 0.6) is 5.75 Å². The predicted molar refractivity (Wildman–Crippen MR) is 78.0 cm³/mol. The lowest BCUT2D eigenvalue weighted by molar-refractivity contribution is 0.0750. The van der Waals surface area contributed by atoms with Crippen LogP contribution in [0, 0.1) is 0 Å². The van der Waals surface area contributed by atoms with E-state index in [0.29, 0.717) is 0 Å². The molecule has 0 amide bonds. The molecule has 0 spiro atoms. The van der Waals surface area contributed by atoms with Crippen molar-refractivity contribution < 1.29 is 10.2 Å². The topological polar surface area (TPSA) is 40.5 Å². The molecule has 4 heteroatoms. The number of rotatable bonds is 1. The Kier molecular flexibility index (Phi) is 3.04. The fourth-order valence-corrected chi connectivity index (χ4v) is 4.62. The fraction of sp³-hybridized carbons (Fsp3) is 0.200. The van der Waals surface area contributed by atoms with E-state index in [4.69, 9.17) is 0 Å². The Morgan fingerprint density at radius 3 is 2.21 bits per heavy atom. The number of aromatic hydroxyl groups is 1. The molecule has 0 radical (unpaired) electrons. The van der Waals surface area contributed by atoms with Gasteiger partial charge in [-0.2, -0.15) is 0 Å². The molecule has 0 aliphatic carbocycles. The third kappa shape index (κ3) is 2.36. The summed E-state index contributed by atoms with van der Waals surface area (Å²) in [5.74, 6) is 0.198. The van der Waals surface area contributed by atoms with Gasteiger partial charge in [0.05, 0.1) is 5.60 Å². The number of phenolic OH excluding ortho intramolecular Hbond substituents is 1. The molecule has 1 aliphatic heterocycles.